The van der Waals surface area contributed by atoms with E-state index in [9.17, 15) is 4.79 Å². The van der Waals surface area contributed by atoms with Crippen LogP contribution in [-0.4, -0.2) is 9.55 Å². The maximum atomic E-state index is 11.6. The van der Waals surface area contributed by atoms with Crippen molar-refractivity contribution in [3.63, 3.8) is 0 Å². The average Bonchev–Trinajstić information content (AvgIpc) is 2.33. The summed E-state index contributed by atoms with van der Waals surface area (Å²) in [5.41, 5.74) is 7.10. The minimum atomic E-state index is -0.352. The van der Waals surface area contributed by atoms with Crippen molar-refractivity contribution in [3.8, 4) is 0 Å². The van der Waals surface area contributed by atoms with Gasteiger partial charge in [-0.1, -0.05) is 24.3 Å². The highest BCUT2D eigenvalue weighted by molar-refractivity contribution is 6.17. The molecule has 0 radical (unpaired) electrons. The minimum absolute atomic E-state index is 0.233. The summed E-state index contributed by atoms with van der Waals surface area (Å²) in [6.45, 7) is 0.453. The lowest BCUT2D eigenvalue weighted by molar-refractivity contribution is 0.725. The van der Waals surface area contributed by atoms with Gasteiger partial charge in [0.1, 0.15) is 5.82 Å². The Morgan fingerprint density at radius 3 is 2.59 bits per heavy atom. The summed E-state index contributed by atoms with van der Waals surface area (Å²) in [6, 6.07) is 9.33. The van der Waals surface area contributed by atoms with Crippen molar-refractivity contribution in [2.24, 2.45) is 0 Å². The zero-order valence-corrected chi connectivity index (χ0v) is 9.89. The molecule has 5 heteroatoms. The number of benzene rings is 1. The van der Waals surface area contributed by atoms with Crippen LogP contribution in [0.25, 0.3) is 0 Å². The van der Waals surface area contributed by atoms with E-state index in [2.05, 4.69) is 4.98 Å². The van der Waals surface area contributed by atoms with Crippen LogP contribution >= 0.6 is 11.6 Å². The molecule has 2 rings (SSSR count). The monoisotopic (exact) mass is 249 g/mol. The lowest BCUT2D eigenvalue weighted by Crippen LogP contribution is -2.23. The molecule has 1 aromatic carbocycles. The maximum Gasteiger partial charge on any atom is 0.349 e. The Balaban J connectivity index is 2.35. The number of alkyl halides is 1. The highest BCUT2D eigenvalue weighted by Crippen LogP contribution is 2.12. The molecule has 0 amide bonds. The van der Waals surface area contributed by atoms with Crippen molar-refractivity contribution in [1.29, 1.82) is 0 Å². The van der Waals surface area contributed by atoms with Crippen molar-refractivity contribution in [1.82, 2.24) is 9.55 Å². The lowest BCUT2D eigenvalue weighted by Gasteiger charge is -2.08. The summed E-state index contributed by atoms with van der Waals surface area (Å²) < 4.78 is 1.50. The first kappa shape index (κ1) is 11.7. The fourth-order valence-electron chi connectivity index (χ4n) is 1.59. The van der Waals surface area contributed by atoms with Crippen LogP contribution < -0.4 is 11.4 Å². The number of hydrogen-bond acceptors (Lipinski definition) is 3. The van der Waals surface area contributed by atoms with Gasteiger partial charge in [-0.15, -0.1) is 11.6 Å². The molecule has 0 atom stereocenters. The summed E-state index contributed by atoms with van der Waals surface area (Å²) >= 11 is 5.84. The van der Waals surface area contributed by atoms with Crippen molar-refractivity contribution in [2.45, 2.75) is 12.4 Å². The molecule has 4 nitrogen and oxygen atoms in total. The third kappa shape index (κ3) is 2.65. The van der Waals surface area contributed by atoms with Gasteiger partial charge in [-0.2, -0.15) is 4.98 Å². The van der Waals surface area contributed by atoms with Crippen LogP contribution in [0.4, 0.5) is 5.82 Å². The molecular weight excluding hydrogens is 238 g/mol. The number of nitrogens with zero attached hydrogens (tertiary/aromatic N) is 2. The number of aromatic nitrogens is 2. The molecule has 0 unspecified atom stereocenters. The summed E-state index contributed by atoms with van der Waals surface area (Å²) in [5.74, 6) is 0.657. The molecular formula is C12H12ClN3O. The van der Waals surface area contributed by atoms with Crippen LogP contribution in [0.3, 0.4) is 0 Å². The normalized spacial score (nSPS) is 10.4. The van der Waals surface area contributed by atoms with E-state index in [0.717, 1.165) is 11.1 Å². The first-order valence-corrected chi connectivity index (χ1v) is 5.70. The van der Waals surface area contributed by atoms with E-state index in [0.29, 0.717) is 12.4 Å². The lowest BCUT2D eigenvalue weighted by atomic mass is 10.1. The Labute approximate surface area is 104 Å². The number of rotatable bonds is 3. The van der Waals surface area contributed by atoms with Gasteiger partial charge in [0.2, 0.25) is 0 Å². The van der Waals surface area contributed by atoms with Gasteiger partial charge >= 0.3 is 5.69 Å². The number of hydrogen-bond donors (Lipinski definition) is 1. The fraction of sp³-hybridized carbons (Fsp3) is 0.167. The van der Waals surface area contributed by atoms with Crippen LogP contribution in [0.2, 0.25) is 0 Å². The maximum absolute atomic E-state index is 11.6. The predicted molar refractivity (Wildman–Crippen MR) is 68.0 cm³/mol. The summed E-state index contributed by atoms with van der Waals surface area (Å²) in [7, 11) is 0. The SMILES string of the molecule is Nc1ccn(Cc2ccccc2CCl)c(=O)n1. The smallest absolute Gasteiger partial charge is 0.349 e. The van der Waals surface area contributed by atoms with E-state index < -0.39 is 0 Å². The molecule has 17 heavy (non-hydrogen) atoms. The largest absolute Gasteiger partial charge is 0.383 e. The molecule has 0 aliphatic rings. The van der Waals surface area contributed by atoms with E-state index in [1.165, 1.54) is 4.57 Å². The topological polar surface area (TPSA) is 60.9 Å². The van der Waals surface area contributed by atoms with Crippen molar-refractivity contribution in [3.05, 3.63) is 58.1 Å². The van der Waals surface area contributed by atoms with Gasteiger partial charge in [-0.25, -0.2) is 4.79 Å². The van der Waals surface area contributed by atoms with Gasteiger partial charge in [-0.05, 0) is 17.2 Å². The average molecular weight is 250 g/mol. The molecule has 0 spiro atoms. The minimum Gasteiger partial charge on any atom is -0.383 e. The van der Waals surface area contributed by atoms with E-state index in [1.807, 2.05) is 24.3 Å². The summed E-state index contributed by atoms with van der Waals surface area (Å²) in [5, 5.41) is 0. The van der Waals surface area contributed by atoms with Gasteiger partial charge in [0, 0.05) is 12.1 Å². The molecule has 1 heterocycles. The van der Waals surface area contributed by atoms with Crippen LogP contribution in [0, 0.1) is 0 Å². The highest BCUT2D eigenvalue weighted by atomic mass is 35.5. The summed E-state index contributed by atoms with van der Waals surface area (Å²) in [4.78, 5) is 15.3. The molecule has 88 valence electrons. The summed E-state index contributed by atoms with van der Waals surface area (Å²) in [6.07, 6.45) is 1.63. The quantitative estimate of drug-likeness (QED) is 0.841. The predicted octanol–water partition coefficient (Wildman–Crippen LogP) is 1.61. The van der Waals surface area contributed by atoms with Gasteiger partial charge in [0.25, 0.3) is 0 Å². The van der Waals surface area contributed by atoms with E-state index >= 15 is 0 Å². The zero-order valence-electron chi connectivity index (χ0n) is 9.14. The number of nitrogen functional groups attached to an aromatic ring is 1. The van der Waals surface area contributed by atoms with Crippen molar-refractivity contribution in [2.75, 3.05) is 5.73 Å². The van der Waals surface area contributed by atoms with Crippen molar-refractivity contribution >= 4 is 17.4 Å². The third-order valence-corrected chi connectivity index (χ3v) is 2.79. The molecule has 2 aromatic rings. The third-order valence-electron chi connectivity index (χ3n) is 2.50. The number of halogens is 1. The molecule has 2 N–H and O–H groups in total. The molecule has 0 aliphatic carbocycles. The van der Waals surface area contributed by atoms with E-state index in [4.69, 9.17) is 17.3 Å². The highest BCUT2D eigenvalue weighted by Gasteiger charge is 2.03. The van der Waals surface area contributed by atoms with E-state index in [1.54, 1.807) is 12.3 Å². The second-order valence-corrected chi connectivity index (χ2v) is 3.93. The van der Waals surface area contributed by atoms with Crippen LogP contribution in [0.1, 0.15) is 11.1 Å². The molecule has 0 bridgehead atoms. The van der Waals surface area contributed by atoms with Crippen LogP contribution in [0.15, 0.2) is 41.3 Å². The van der Waals surface area contributed by atoms with Crippen molar-refractivity contribution < 1.29 is 0 Å². The number of anilines is 1. The Morgan fingerprint density at radius 1 is 1.24 bits per heavy atom. The Hall–Kier alpha value is -1.81. The molecule has 0 saturated carbocycles. The second-order valence-electron chi connectivity index (χ2n) is 3.67. The Bertz CT molecular complexity index is 580. The molecule has 0 fully saturated rings. The zero-order chi connectivity index (χ0) is 12.3. The first-order chi connectivity index (χ1) is 8.20. The fourth-order valence-corrected chi connectivity index (χ4v) is 1.85. The van der Waals surface area contributed by atoms with Gasteiger partial charge < -0.3 is 5.73 Å². The van der Waals surface area contributed by atoms with Crippen LogP contribution in [0.5, 0.6) is 0 Å². The first-order valence-electron chi connectivity index (χ1n) is 5.16. The number of nitrogens with two attached hydrogens (primary N) is 1. The molecule has 0 aliphatic heterocycles. The van der Waals surface area contributed by atoms with Gasteiger partial charge in [0.15, 0.2) is 0 Å². The standard InChI is InChI=1S/C12H12ClN3O/c13-7-9-3-1-2-4-10(9)8-16-6-5-11(14)15-12(16)17/h1-6H,7-8H2,(H2,14,15,17). The Kier molecular flexibility index (Phi) is 3.44. The van der Waals surface area contributed by atoms with Crippen LogP contribution in [-0.2, 0) is 12.4 Å². The molecule has 0 saturated heterocycles. The Morgan fingerprint density at radius 2 is 1.94 bits per heavy atom. The second kappa shape index (κ2) is 5.01. The van der Waals surface area contributed by atoms with Gasteiger partial charge in [0.05, 0.1) is 6.54 Å². The van der Waals surface area contributed by atoms with Gasteiger partial charge in [-0.3, -0.25) is 4.57 Å². The molecule has 1 aromatic heterocycles. The van der Waals surface area contributed by atoms with E-state index in [-0.39, 0.29) is 11.5 Å².